The molecule has 1 rings (SSSR count). The van der Waals surface area contributed by atoms with Crippen LogP contribution in [0, 0.1) is 6.08 Å². The Bertz CT molecular complexity index is 71.1. The molecule has 0 saturated heterocycles. The molecule has 0 atom stereocenters. The van der Waals surface area contributed by atoms with Crippen LogP contribution in [0.15, 0.2) is 18.2 Å². The summed E-state index contributed by atoms with van der Waals surface area (Å²) in [6, 6.07) is 0. The standard InChI is InChI=1S/C5H5.CH3O.ClH.V/c1-2-4-5-3-1;1-2;;/h1-3H,4H2;1H3;1H;/q2*-1;;+2/p-1. The predicted molar refractivity (Wildman–Crippen MR) is 27.5 cm³/mol. The molecule has 0 aromatic carbocycles. The maximum Gasteiger partial charge on any atom is 2.00 e. The van der Waals surface area contributed by atoms with Gasteiger partial charge < -0.3 is 17.5 Å². The van der Waals surface area contributed by atoms with Gasteiger partial charge in [0.2, 0.25) is 0 Å². The molecule has 0 amide bonds. The van der Waals surface area contributed by atoms with Gasteiger partial charge in [-0.2, -0.15) is 13.2 Å². The van der Waals surface area contributed by atoms with E-state index in [9.17, 15) is 0 Å². The Balaban J connectivity index is -0.0000000836. The topological polar surface area (TPSA) is 23.1 Å². The van der Waals surface area contributed by atoms with Gasteiger partial charge in [0.25, 0.3) is 0 Å². The molecule has 0 aromatic rings. The maximum absolute atomic E-state index is 8.25. The van der Waals surface area contributed by atoms with Gasteiger partial charge in [0.1, 0.15) is 0 Å². The Morgan fingerprint density at radius 2 is 2.00 bits per heavy atom. The van der Waals surface area contributed by atoms with Crippen molar-refractivity contribution in [3.63, 3.8) is 0 Å². The van der Waals surface area contributed by atoms with E-state index in [0.717, 1.165) is 13.5 Å². The molecule has 0 heterocycles. The summed E-state index contributed by atoms with van der Waals surface area (Å²) < 4.78 is 0. The van der Waals surface area contributed by atoms with Crippen LogP contribution in [0.4, 0.5) is 0 Å². The second-order valence-corrected chi connectivity index (χ2v) is 1.00. The van der Waals surface area contributed by atoms with E-state index in [0.29, 0.717) is 0 Å². The molecule has 3 heteroatoms. The summed E-state index contributed by atoms with van der Waals surface area (Å²) in [5.41, 5.74) is 0. The molecule has 0 spiro atoms. The summed E-state index contributed by atoms with van der Waals surface area (Å²) in [7, 11) is 0.750. The van der Waals surface area contributed by atoms with Gasteiger partial charge in [-0.1, -0.05) is 0 Å². The van der Waals surface area contributed by atoms with Gasteiger partial charge in [0, 0.05) is 0 Å². The molecule has 0 fully saturated rings. The van der Waals surface area contributed by atoms with E-state index >= 15 is 0 Å². The first-order valence-corrected chi connectivity index (χ1v) is 2.13. The predicted octanol–water partition coefficient (Wildman–Crippen LogP) is -2.72. The number of allylic oxidation sites excluding steroid dienone is 4. The van der Waals surface area contributed by atoms with Crippen LogP contribution in [0.25, 0.3) is 0 Å². The minimum atomic E-state index is 0. The van der Waals surface area contributed by atoms with Crippen LogP contribution in [0.3, 0.4) is 0 Å². The van der Waals surface area contributed by atoms with Crippen molar-refractivity contribution in [3.05, 3.63) is 24.3 Å². The van der Waals surface area contributed by atoms with Crippen LogP contribution in [-0.4, -0.2) is 7.11 Å². The summed E-state index contributed by atoms with van der Waals surface area (Å²) in [4.78, 5) is 0. The molecule has 1 aliphatic rings. The normalized spacial score (nSPS) is 10.4. The Labute approximate surface area is 74.1 Å². The molecule has 0 saturated carbocycles. The van der Waals surface area contributed by atoms with Crippen LogP contribution in [0.1, 0.15) is 6.42 Å². The fourth-order valence-electron chi connectivity index (χ4n) is 0.340. The monoisotopic (exact) mass is 182 g/mol. The summed E-state index contributed by atoms with van der Waals surface area (Å²) in [6.07, 6.45) is 10.0. The molecular formula is C6H8ClOV-. The minimum absolute atomic E-state index is 0. The molecule has 0 unspecified atom stereocenters. The molecule has 0 bridgehead atoms. The summed E-state index contributed by atoms with van der Waals surface area (Å²) in [6.45, 7) is 0. The molecule has 0 N–H and O–H groups in total. The summed E-state index contributed by atoms with van der Waals surface area (Å²) >= 11 is 0. The van der Waals surface area contributed by atoms with Gasteiger partial charge >= 0.3 is 18.6 Å². The number of hydrogen-bond acceptors (Lipinski definition) is 1. The van der Waals surface area contributed by atoms with Crippen molar-refractivity contribution in [1.29, 1.82) is 0 Å². The summed E-state index contributed by atoms with van der Waals surface area (Å²) in [5, 5.41) is 8.25. The van der Waals surface area contributed by atoms with Crippen molar-refractivity contribution in [2.24, 2.45) is 0 Å². The third-order valence-electron chi connectivity index (χ3n) is 0.586. The summed E-state index contributed by atoms with van der Waals surface area (Å²) in [5.74, 6) is 0. The number of halogens is 1. The number of rotatable bonds is 0. The van der Waals surface area contributed by atoms with E-state index in [4.69, 9.17) is 5.11 Å². The largest absolute Gasteiger partial charge is 2.00 e. The average Bonchev–Trinajstić information content (AvgIpc) is 2.23. The van der Waals surface area contributed by atoms with Crippen molar-refractivity contribution >= 4 is 0 Å². The van der Waals surface area contributed by atoms with Crippen molar-refractivity contribution in [2.45, 2.75) is 6.42 Å². The Kier molecular flexibility index (Phi) is 28.3. The Morgan fingerprint density at radius 1 is 1.44 bits per heavy atom. The van der Waals surface area contributed by atoms with Gasteiger partial charge in [-0.25, -0.2) is 12.2 Å². The fraction of sp³-hybridized carbons (Fsp3) is 0.333. The van der Waals surface area contributed by atoms with Gasteiger partial charge in [-0.05, 0) is 0 Å². The van der Waals surface area contributed by atoms with Crippen molar-refractivity contribution in [2.75, 3.05) is 7.11 Å². The third-order valence-corrected chi connectivity index (χ3v) is 0.586. The molecule has 1 nitrogen and oxygen atoms in total. The van der Waals surface area contributed by atoms with Crippen molar-refractivity contribution in [1.82, 2.24) is 0 Å². The first-order chi connectivity index (χ1) is 3.50. The molecule has 0 aromatic heterocycles. The molecule has 0 aliphatic heterocycles. The van der Waals surface area contributed by atoms with Crippen LogP contribution in [-0.2, 0) is 18.6 Å². The van der Waals surface area contributed by atoms with E-state index in [1.165, 1.54) is 0 Å². The van der Waals surface area contributed by atoms with E-state index in [1.54, 1.807) is 0 Å². The van der Waals surface area contributed by atoms with E-state index in [2.05, 4.69) is 12.2 Å². The van der Waals surface area contributed by atoms with Gasteiger partial charge in [-0.15, -0.1) is 6.42 Å². The SMILES string of the molecule is C[O-].[C-]1=CC=CC1.[Cl-].[V+2]. The van der Waals surface area contributed by atoms with Gasteiger partial charge in [0.15, 0.2) is 0 Å². The molecule has 1 radical (unpaired) electrons. The second-order valence-electron chi connectivity index (χ2n) is 1.00. The second kappa shape index (κ2) is 15.7. The van der Waals surface area contributed by atoms with E-state index < -0.39 is 0 Å². The zero-order valence-corrected chi connectivity index (χ0v) is 7.33. The Hall–Kier alpha value is 0.314. The van der Waals surface area contributed by atoms with Crippen LogP contribution in [0.5, 0.6) is 0 Å². The van der Waals surface area contributed by atoms with Gasteiger partial charge in [-0.3, -0.25) is 6.08 Å². The molecule has 9 heavy (non-hydrogen) atoms. The first-order valence-electron chi connectivity index (χ1n) is 2.13. The third kappa shape index (κ3) is 11.7. The maximum atomic E-state index is 8.25. The quantitative estimate of drug-likeness (QED) is 0.374. The van der Waals surface area contributed by atoms with E-state index in [1.807, 2.05) is 12.2 Å². The van der Waals surface area contributed by atoms with Crippen LogP contribution >= 0.6 is 0 Å². The van der Waals surface area contributed by atoms with Gasteiger partial charge in [0.05, 0.1) is 0 Å². The molecular weight excluding hydrogens is 174 g/mol. The van der Waals surface area contributed by atoms with Crippen molar-refractivity contribution in [3.8, 4) is 0 Å². The minimum Gasteiger partial charge on any atom is -1.00 e. The van der Waals surface area contributed by atoms with Crippen LogP contribution in [0.2, 0.25) is 0 Å². The molecule has 51 valence electrons. The first kappa shape index (κ1) is 16.1. The van der Waals surface area contributed by atoms with E-state index in [-0.39, 0.29) is 31.0 Å². The Morgan fingerprint density at radius 3 is 2.11 bits per heavy atom. The van der Waals surface area contributed by atoms with Crippen molar-refractivity contribution < 1.29 is 36.1 Å². The zero-order chi connectivity index (χ0) is 5.54. The fourth-order valence-corrected chi connectivity index (χ4v) is 0.340. The smallest absolute Gasteiger partial charge is 1.00 e. The van der Waals surface area contributed by atoms with Crippen LogP contribution < -0.4 is 17.5 Å². The zero-order valence-electron chi connectivity index (χ0n) is 5.17. The molecule has 1 aliphatic carbocycles. The average molecular weight is 183 g/mol. The number of hydrogen-bond donors (Lipinski definition) is 0.